The number of carbonyl (C=O) groups is 1. The van der Waals surface area contributed by atoms with E-state index in [-0.39, 0.29) is 30.1 Å². The Balaban J connectivity index is 0.00000338. The molecule has 1 aliphatic rings. The predicted octanol–water partition coefficient (Wildman–Crippen LogP) is 1.65. The first-order chi connectivity index (χ1) is 12.2. The lowest BCUT2D eigenvalue weighted by atomic mass is 10.1. The summed E-state index contributed by atoms with van der Waals surface area (Å²) in [5, 5.41) is 6.45. The van der Waals surface area contributed by atoms with Crippen LogP contribution in [-0.4, -0.2) is 51.4 Å². The van der Waals surface area contributed by atoms with Crippen LogP contribution in [0.4, 0.5) is 0 Å². The number of halogens is 1. The van der Waals surface area contributed by atoms with Crippen molar-refractivity contribution in [3.8, 4) is 0 Å². The second kappa shape index (κ2) is 12.9. The maximum Gasteiger partial charge on any atom is 0.248 e. The van der Waals surface area contributed by atoms with Crippen molar-refractivity contribution >= 4 is 35.8 Å². The van der Waals surface area contributed by atoms with Crippen LogP contribution < -0.4 is 16.4 Å². The number of hydrogen-bond acceptors (Lipinski definition) is 4. The van der Waals surface area contributed by atoms with Crippen molar-refractivity contribution in [3.05, 3.63) is 35.4 Å². The number of nitrogens with two attached hydrogens (primary N) is 1. The summed E-state index contributed by atoms with van der Waals surface area (Å²) in [6, 6.07) is 7.24. The van der Waals surface area contributed by atoms with Crippen molar-refractivity contribution in [3.63, 3.8) is 0 Å². The molecule has 0 aliphatic carbocycles. The molecule has 0 radical (unpaired) electrons. The summed E-state index contributed by atoms with van der Waals surface area (Å²) in [5.74, 6) is 0.288. The van der Waals surface area contributed by atoms with Crippen LogP contribution in [0.25, 0.3) is 0 Å². The summed E-state index contributed by atoms with van der Waals surface area (Å²) in [4.78, 5) is 15.4. The molecule has 0 saturated carbocycles. The van der Waals surface area contributed by atoms with E-state index in [0.717, 1.165) is 38.0 Å². The first-order valence-corrected chi connectivity index (χ1v) is 8.71. The van der Waals surface area contributed by atoms with Crippen molar-refractivity contribution < 1.29 is 14.3 Å². The van der Waals surface area contributed by atoms with Gasteiger partial charge in [-0.3, -0.25) is 9.79 Å². The van der Waals surface area contributed by atoms with Crippen molar-refractivity contribution in [2.45, 2.75) is 31.9 Å². The molecule has 146 valence electrons. The maximum absolute atomic E-state index is 11.2. The normalized spacial score (nSPS) is 16.8. The SMILES string of the molecule is CN=C(NCCCOCC1CCCO1)NCc1cccc(C(N)=O)c1.I. The Morgan fingerprint density at radius 3 is 2.96 bits per heavy atom. The number of aliphatic imine (C=N–C) groups is 1. The third-order valence-corrected chi connectivity index (χ3v) is 3.98. The lowest BCUT2D eigenvalue weighted by Crippen LogP contribution is -2.37. The fraction of sp³-hybridized carbons (Fsp3) is 0.556. The second-order valence-corrected chi connectivity index (χ2v) is 5.98. The van der Waals surface area contributed by atoms with Crippen LogP contribution in [-0.2, 0) is 16.0 Å². The molecule has 1 aliphatic heterocycles. The molecule has 1 unspecified atom stereocenters. The zero-order valence-corrected chi connectivity index (χ0v) is 17.5. The average molecular weight is 476 g/mol. The number of rotatable bonds is 9. The summed E-state index contributed by atoms with van der Waals surface area (Å²) >= 11 is 0. The molecule has 0 spiro atoms. The smallest absolute Gasteiger partial charge is 0.248 e. The number of carbonyl (C=O) groups excluding carboxylic acids is 1. The number of nitrogens with zero attached hydrogens (tertiary/aromatic N) is 1. The van der Waals surface area contributed by atoms with Gasteiger partial charge in [0.15, 0.2) is 5.96 Å². The van der Waals surface area contributed by atoms with E-state index in [1.807, 2.05) is 12.1 Å². The third kappa shape index (κ3) is 8.33. The molecule has 1 heterocycles. The van der Waals surface area contributed by atoms with Crippen molar-refractivity contribution in [1.82, 2.24) is 10.6 Å². The Kier molecular flexibility index (Phi) is 11.2. The van der Waals surface area contributed by atoms with Gasteiger partial charge in [-0.15, -0.1) is 24.0 Å². The number of primary amides is 1. The molecule has 1 aromatic carbocycles. The Bertz CT molecular complexity index is 577. The highest BCUT2D eigenvalue weighted by Crippen LogP contribution is 2.11. The first-order valence-electron chi connectivity index (χ1n) is 8.71. The van der Waals surface area contributed by atoms with Crippen molar-refractivity contribution in [2.24, 2.45) is 10.7 Å². The number of hydrogen-bond donors (Lipinski definition) is 3. The maximum atomic E-state index is 11.2. The fourth-order valence-electron chi connectivity index (χ4n) is 2.61. The monoisotopic (exact) mass is 476 g/mol. The molecule has 0 bridgehead atoms. The van der Waals surface area contributed by atoms with E-state index in [2.05, 4.69) is 15.6 Å². The molecule has 1 aromatic rings. The van der Waals surface area contributed by atoms with Crippen LogP contribution in [0, 0.1) is 0 Å². The average Bonchev–Trinajstić information content (AvgIpc) is 3.14. The third-order valence-electron chi connectivity index (χ3n) is 3.98. The van der Waals surface area contributed by atoms with Gasteiger partial charge >= 0.3 is 0 Å². The van der Waals surface area contributed by atoms with E-state index in [1.165, 1.54) is 0 Å². The van der Waals surface area contributed by atoms with Gasteiger partial charge < -0.3 is 25.8 Å². The number of nitrogens with one attached hydrogen (secondary N) is 2. The fourth-order valence-corrected chi connectivity index (χ4v) is 2.61. The molecule has 26 heavy (non-hydrogen) atoms. The standard InChI is InChI=1S/C18H28N4O3.HI/c1-20-18(21-8-4-9-24-13-16-7-3-10-25-16)22-12-14-5-2-6-15(11-14)17(19)23;/h2,5-6,11,16H,3-4,7-10,12-13H2,1H3,(H2,19,23)(H2,20,21,22);1H. The summed E-state index contributed by atoms with van der Waals surface area (Å²) in [6.45, 7) is 3.58. The second-order valence-electron chi connectivity index (χ2n) is 5.98. The minimum atomic E-state index is -0.424. The van der Waals surface area contributed by atoms with Gasteiger partial charge in [0.1, 0.15) is 0 Å². The number of guanidine groups is 1. The largest absolute Gasteiger partial charge is 0.379 e. The Labute approximate surface area is 172 Å². The summed E-state index contributed by atoms with van der Waals surface area (Å²) in [7, 11) is 1.73. The molecule has 1 fully saturated rings. The van der Waals surface area contributed by atoms with Gasteiger partial charge in [0.25, 0.3) is 0 Å². The topological polar surface area (TPSA) is 98.0 Å². The quantitative estimate of drug-likeness (QED) is 0.218. The van der Waals surface area contributed by atoms with Gasteiger partial charge in [0, 0.05) is 38.9 Å². The Hall–Kier alpha value is -1.39. The van der Waals surface area contributed by atoms with E-state index < -0.39 is 5.91 Å². The van der Waals surface area contributed by atoms with Crippen LogP contribution in [0.1, 0.15) is 35.2 Å². The van der Waals surface area contributed by atoms with Crippen LogP contribution in [0.15, 0.2) is 29.3 Å². The van der Waals surface area contributed by atoms with Crippen molar-refractivity contribution in [2.75, 3.05) is 33.4 Å². The minimum Gasteiger partial charge on any atom is -0.379 e. The van der Waals surface area contributed by atoms with Gasteiger partial charge in [0.05, 0.1) is 12.7 Å². The summed E-state index contributed by atoms with van der Waals surface area (Å²) < 4.78 is 11.1. The Morgan fingerprint density at radius 1 is 1.42 bits per heavy atom. The van der Waals surface area contributed by atoms with Crippen LogP contribution in [0.5, 0.6) is 0 Å². The Morgan fingerprint density at radius 2 is 2.27 bits per heavy atom. The van der Waals surface area contributed by atoms with Gasteiger partial charge in [-0.05, 0) is 37.0 Å². The van der Waals surface area contributed by atoms with Gasteiger partial charge in [0.2, 0.25) is 5.91 Å². The summed E-state index contributed by atoms with van der Waals surface area (Å²) in [6.07, 6.45) is 3.41. The highest BCUT2D eigenvalue weighted by molar-refractivity contribution is 14.0. The van der Waals surface area contributed by atoms with Crippen LogP contribution in [0.3, 0.4) is 0 Å². The molecule has 8 heteroatoms. The molecule has 2 rings (SSSR count). The molecule has 4 N–H and O–H groups in total. The van der Waals surface area contributed by atoms with E-state index >= 15 is 0 Å². The van der Waals surface area contributed by atoms with Gasteiger partial charge in [-0.25, -0.2) is 0 Å². The van der Waals surface area contributed by atoms with Crippen molar-refractivity contribution in [1.29, 1.82) is 0 Å². The van der Waals surface area contributed by atoms with Gasteiger partial charge in [-0.1, -0.05) is 12.1 Å². The van der Waals surface area contributed by atoms with Crippen LogP contribution >= 0.6 is 24.0 Å². The lowest BCUT2D eigenvalue weighted by molar-refractivity contribution is 0.0168. The van der Waals surface area contributed by atoms with E-state index in [0.29, 0.717) is 31.3 Å². The zero-order valence-electron chi connectivity index (χ0n) is 15.2. The number of benzene rings is 1. The molecule has 0 aromatic heterocycles. The zero-order chi connectivity index (χ0) is 17.9. The minimum absolute atomic E-state index is 0. The molecular weight excluding hydrogens is 447 g/mol. The first kappa shape index (κ1) is 22.7. The molecule has 1 saturated heterocycles. The molecule has 7 nitrogen and oxygen atoms in total. The van der Waals surface area contributed by atoms with Gasteiger partial charge in [-0.2, -0.15) is 0 Å². The van der Waals surface area contributed by atoms with E-state index in [4.69, 9.17) is 15.2 Å². The highest BCUT2D eigenvalue weighted by atomic mass is 127. The number of amides is 1. The summed E-state index contributed by atoms with van der Waals surface area (Å²) in [5.41, 5.74) is 6.77. The lowest BCUT2D eigenvalue weighted by Gasteiger charge is -2.13. The molecular formula is C18H29IN4O3. The van der Waals surface area contributed by atoms with E-state index in [1.54, 1.807) is 19.2 Å². The predicted molar refractivity (Wildman–Crippen MR) is 113 cm³/mol. The van der Waals surface area contributed by atoms with E-state index in [9.17, 15) is 4.79 Å². The van der Waals surface area contributed by atoms with Crippen LogP contribution in [0.2, 0.25) is 0 Å². The molecule has 1 atom stereocenters. The number of ether oxygens (including phenoxy) is 2. The highest BCUT2D eigenvalue weighted by Gasteiger charge is 2.14. The molecule has 1 amide bonds.